The van der Waals surface area contributed by atoms with Crippen molar-refractivity contribution < 1.29 is 23.1 Å². The van der Waals surface area contributed by atoms with Crippen LogP contribution in [0.15, 0.2) is 30.5 Å². The number of nitrogens with one attached hydrogen (secondary N) is 3. The number of aromatic nitrogens is 2. The summed E-state index contributed by atoms with van der Waals surface area (Å²) in [6, 6.07) is 6.24. The van der Waals surface area contributed by atoms with E-state index in [1.54, 1.807) is 25.4 Å². The standard InChI is InChI=1S/C31H42F2N6O3/c1-29(2,3)42-28(41)39(4)31(11-12-31)26(40)37-24-18-30(24)16-20(17-30)9-10-21-19-35-27(38-25(21)34-14-6-13-32)36-23-8-5-7-22(33)15-23/h5,7-8,15,19-20,24H,6,9-14,16-18H2,1-4H3,(H,37,40)(H2,34,35,36,38). The smallest absolute Gasteiger partial charge is 0.410 e. The van der Waals surface area contributed by atoms with E-state index < -0.39 is 23.9 Å². The van der Waals surface area contributed by atoms with Crippen molar-refractivity contribution in [3.05, 3.63) is 41.8 Å². The Morgan fingerprint density at radius 2 is 1.95 bits per heavy atom. The molecule has 5 rings (SSSR count). The van der Waals surface area contributed by atoms with Crippen LogP contribution in [-0.2, 0) is 16.0 Å². The Morgan fingerprint density at radius 1 is 1.19 bits per heavy atom. The zero-order chi connectivity index (χ0) is 30.1. The number of rotatable bonds is 12. The van der Waals surface area contributed by atoms with Gasteiger partial charge < -0.3 is 20.7 Å². The Morgan fingerprint density at radius 3 is 2.62 bits per heavy atom. The van der Waals surface area contributed by atoms with Crippen molar-refractivity contribution >= 4 is 29.5 Å². The minimum absolute atomic E-state index is 0.0748. The molecule has 228 valence electrons. The Kier molecular flexibility index (Phi) is 8.31. The van der Waals surface area contributed by atoms with Gasteiger partial charge in [0.15, 0.2) is 0 Å². The number of benzene rings is 1. The van der Waals surface area contributed by atoms with Crippen molar-refractivity contribution in [2.24, 2.45) is 11.3 Å². The van der Waals surface area contributed by atoms with Gasteiger partial charge in [-0.3, -0.25) is 14.1 Å². The van der Waals surface area contributed by atoms with Crippen LogP contribution in [-0.4, -0.2) is 64.3 Å². The number of carbonyl (C=O) groups excluding carboxylic acids is 2. The Labute approximate surface area is 246 Å². The van der Waals surface area contributed by atoms with Gasteiger partial charge in [-0.2, -0.15) is 4.98 Å². The van der Waals surface area contributed by atoms with Crippen molar-refractivity contribution in [1.82, 2.24) is 20.2 Å². The maximum absolute atomic E-state index is 13.6. The third-order valence-electron chi connectivity index (χ3n) is 8.71. The van der Waals surface area contributed by atoms with Crippen molar-refractivity contribution in [3.63, 3.8) is 0 Å². The maximum atomic E-state index is 13.6. The molecular formula is C31H42F2N6O3. The van der Waals surface area contributed by atoms with Gasteiger partial charge in [-0.25, -0.2) is 14.2 Å². The number of anilines is 3. The van der Waals surface area contributed by atoms with Gasteiger partial charge >= 0.3 is 6.09 Å². The molecule has 9 nitrogen and oxygen atoms in total. The topological polar surface area (TPSA) is 108 Å². The summed E-state index contributed by atoms with van der Waals surface area (Å²) in [6.07, 6.45) is 7.81. The van der Waals surface area contributed by atoms with Gasteiger partial charge in [0, 0.05) is 37.1 Å². The Bertz CT molecular complexity index is 1310. The Balaban J connectivity index is 1.11. The van der Waals surface area contributed by atoms with Gasteiger partial charge in [-0.05, 0) is 102 Å². The number of aryl methyl sites for hydroxylation is 1. The van der Waals surface area contributed by atoms with Gasteiger partial charge in [-0.1, -0.05) is 6.07 Å². The van der Waals surface area contributed by atoms with Crippen LogP contribution < -0.4 is 16.0 Å². The third-order valence-corrected chi connectivity index (χ3v) is 8.71. The molecule has 0 bridgehead atoms. The molecular weight excluding hydrogens is 542 g/mol. The molecule has 3 aliphatic rings. The molecule has 0 radical (unpaired) electrons. The quantitative estimate of drug-likeness (QED) is 0.273. The number of amides is 2. The van der Waals surface area contributed by atoms with E-state index in [0.29, 0.717) is 49.2 Å². The van der Waals surface area contributed by atoms with Crippen LogP contribution in [0.2, 0.25) is 0 Å². The summed E-state index contributed by atoms with van der Waals surface area (Å²) in [5.41, 5.74) is 0.265. The molecule has 0 aliphatic heterocycles. The molecule has 2 aromatic rings. The summed E-state index contributed by atoms with van der Waals surface area (Å²) in [7, 11) is 1.65. The summed E-state index contributed by atoms with van der Waals surface area (Å²) in [4.78, 5) is 36.2. The molecule has 3 fully saturated rings. The zero-order valence-corrected chi connectivity index (χ0v) is 24.9. The predicted octanol–water partition coefficient (Wildman–Crippen LogP) is 5.75. The van der Waals surface area contributed by atoms with Crippen LogP contribution in [0.5, 0.6) is 0 Å². The lowest BCUT2D eigenvalue weighted by molar-refractivity contribution is -0.128. The fraction of sp³-hybridized carbons (Fsp3) is 0.613. The molecule has 42 heavy (non-hydrogen) atoms. The SMILES string of the molecule is CN(C(=O)OC(C)(C)C)C1(C(=O)NC2CC23CC(CCc2cnc(Nc4cccc(F)c4)nc2NCCCF)C3)CC1. The number of halogens is 2. The maximum Gasteiger partial charge on any atom is 0.410 e. The summed E-state index contributed by atoms with van der Waals surface area (Å²) >= 11 is 0. The average molecular weight is 585 g/mol. The molecule has 1 aromatic heterocycles. The molecule has 1 aromatic carbocycles. The highest BCUT2D eigenvalue weighted by atomic mass is 19.1. The van der Waals surface area contributed by atoms with Gasteiger partial charge in [0.1, 0.15) is 22.8 Å². The van der Waals surface area contributed by atoms with Crippen LogP contribution >= 0.6 is 0 Å². The third kappa shape index (κ3) is 6.76. The number of ether oxygens (including phenoxy) is 1. The number of hydrogen-bond acceptors (Lipinski definition) is 7. The normalized spacial score (nSPS) is 23.5. The van der Waals surface area contributed by atoms with E-state index in [2.05, 4.69) is 25.9 Å². The van der Waals surface area contributed by atoms with Crippen LogP contribution in [0, 0.1) is 17.2 Å². The summed E-state index contributed by atoms with van der Waals surface area (Å²) in [6.45, 7) is 5.49. The van der Waals surface area contributed by atoms with Gasteiger partial charge in [0.25, 0.3) is 0 Å². The van der Waals surface area contributed by atoms with Gasteiger partial charge in [-0.15, -0.1) is 0 Å². The van der Waals surface area contributed by atoms with E-state index >= 15 is 0 Å². The summed E-state index contributed by atoms with van der Waals surface area (Å²) in [5, 5.41) is 9.49. The second-order valence-corrected chi connectivity index (χ2v) is 13.1. The van der Waals surface area contributed by atoms with Gasteiger partial charge in [0.2, 0.25) is 11.9 Å². The van der Waals surface area contributed by atoms with E-state index in [9.17, 15) is 18.4 Å². The number of likely N-dealkylation sites (N-methyl/N-ethyl adjacent to an activating group) is 1. The number of hydrogen-bond donors (Lipinski definition) is 3. The van der Waals surface area contributed by atoms with Crippen LogP contribution in [0.3, 0.4) is 0 Å². The average Bonchev–Trinajstić information content (AvgIpc) is 3.82. The largest absolute Gasteiger partial charge is 0.444 e. The van der Waals surface area contributed by atoms with Crippen molar-refractivity contribution in [1.29, 1.82) is 0 Å². The molecule has 1 unspecified atom stereocenters. The lowest BCUT2D eigenvalue weighted by atomic mass is 9.69. The Hall–Kier alpha value is -3.50. The molecule has 1 atom stereocenters. The minimum atomic E-state index is -0.795. The van der Waals surface area contributed by atoms with Crippen LogP contribution in [0.1, 0.15) is 71.3 Å². The molecule has 2 amide bonds. The fourth-order valence-corrected chi connectivity index (χ4v) is 6.06. The van der Waals surface area contributed by atoms with E-state index in [1.165, 1.54) is 17.0 Å². The van der Waals surface area contributed by atoms with Crippen molar-refractivity contribution in [2.45, 2.75) is 89.3 Å². The van der Waals surface area contributed by atoms with E-state index in [0.717, 1.165) is 37.7 Å². The van der Waals surface area contributed by atoms with E-state index in [-0.39, 0.29) is 23.2 Å². The lowest BCUT2D eigenvalue weighted by Crippen LogP contribution is -2.52. The highest BCUT2D eigenvalue weighted by Gasteiger charge is 2.64. The molecule has 0 saturated heterocycles. The predicted molar refractivity (Wildman–Crippen MR) is 157 cm³/mol. The second-order valence-electron chi connectivity index (χ2n) is 13.1. The zero-order valence-electron chi connectivity index (χ0n) is 24.9. The molecule has 1 heterocycles. The molecule has 3 N–H and O–H groups in total. The fourth-order valence-electron chi connectivity index (χ4n) is 6.06. The number of nitrogens with zero attached hydrogens (tertiary/aromatic N) is 3. The molecule has 1 spiro atoms. The van der Waals surface area contributed by atoms with Crippen molar-refractivity contribution in [2.75, 3.05) is 30.9 Å². The molecule has 3 aliphatic carbocycles. The van der Waals surface area contributed by atoms with Crippen LogP contribution in [0.4, 0.5) is 31.0 Å². The first-order valence-electron chi connectivity index (χ1n) is 14.9. The lowest BCUT2D eigenvalue weighted by Gasteiger charge is -2.37. The first kappa shape index (κ1) is 30.0. The monoisotopic (exact) mass is 584 g/mol. The van der Waals surface area contributed by atoms with Gasteiger partial charge in [0.05, 0.1) is 6.67 Å². The first-order chi connectivity index (χ1) is 19.9. The summed E-state index contributed by atoms with van der Waals surface area (Å²) < 4.78 is 31.8. The molecule has 3 saturated carbocycles. The second kappa shape index (κ2) is 11.6. The highest BCUT2D eigenvalue weighted by molar-refractivity contribution is 5.93. The number of carbonyl (C=O) groups is 2. The van der Waals surface area contributed by atoms with E-state index in [4.69, 9.17) is 4.74 Å². The van der Waals surface area contributed by atoms with Crippen molar-refractivity contribution in [3.8, 4) is 0 Å². The highest BCUT2D eigenvalue weighted by Crippen LogP contribution is 2.64. The van der Waals surface area contributed by atoms with Crippen LogP contribution in [0.25, 0.3) is 0 Å². The first-order valence-corrected chi connectivity index (χ1v) is 14.9. The van der Waals surface area contributed by atoms with E-state index in [1.807, 2.05) is 20.8 Å². The minimum Gasteiger partial charge on any atom is -0.444 e. The molecule has 11 heteroatoms. The number of alkyl halides is 1. The summed E-state index contributed by atoms with van der Waals surface area (Å²) in [5.74, 6) is 1.11.